The van der Waals surface area contributed by atoms with Crippen molar-refractivity contribution < 1.29 is 0 Å². The van der Waals surface area contributed by atoms with E-state index in [0.717, 1.165) is 60.3 Å². The van der Waals surface area contributed by atoms with Crippen LogP contribution in [0.3, 0.4) is 0 Å². The van der Waals surface area contributed by atoms with Crippen LogP contribution in [0.4, 0.5) is 5.69 Å². The Bertz CT molecular complexity index is 950. The van der Waals surface area contributed by atoms with Gasteiger partial charge in [-0.3, -0.25) is 4.99 Å². The molecule has 0 aliphatic heterocycles. The Hall–Kier alpha value is -3.37. The van der Waals surface area contributed by atoms with E-state index in [1.807, 2.05) is 43.6 Å². The lowest BCUT2D eigenvalue weighted by atomic mass is 10.0. The van der Waals surface area contributed by atoms with E-state index in [1.165, 1.54) is 5.69 Å². The molecule has 2 N–H and O–H groups in total. The number of rotatable bonds is 13. The molecular formula is C29H38N4. The summed E-state index contributed by atoms with van der Waals surface area (Å²) in [7, 11) is 1.85. The topological polar surface area (TPSA) is 39.7 Å². The van der Waals surface area contributed by atoms with Gasteiger partial charge in [-0.25, -0.2) is 5.43 Å². The van der Waals surface area contributed by atoms with Gasteiger partial charge < -0.3 is 10.3 Å². The molecule has 4 heteroatoms. The standard InChI is InChI=1S/C29H38N4/c1-6-21-33(22-7-2)29-17-15-26(16-18-29)27(23-32-30-5)14-13-24(3)25(4)19-20-31-28-11-9-8-10-12-28/h8-11,13-20,23,30,32H,3-4,6-7,12,21-22H2,1-2,5H3/b14-13-,20-19-,27-23+,31-28?. The maximum absolute atomic E-state index is 4.48. The molecule has 33 heavy (non-hydrogen) atoms. The molecule has 0 saturated carbocycles. The van der Waals surface area contributed by atoms with Crippen molar-refractivity contribution in [3.63, 3.8) is 0 Å². The molecule has 1 aromatic rings. The van der Waals surface area contributed by atoms with Gasteiger partial charge in [0.15, 0.2) is 0 Å². The first-order chi connectivity index (χ1) is 16.1. The Morgan fingerprint density at radius 3 is 2.30 bits per heavy atom. The van der Waals surface area contributed by atoms with E-state index in [0.29, 0.717) is 0 Å². The van der Waals surface area contributed by atoms with Crippen LogP contribution in [-0.2, 0) is 0 Å². The van der Waals surface area contributed by atoms with E-state index in [9.17, 15) is 0 Å². The Morgan fingerprint density at radius 2 is 1.70 bits per heavy atom. The lowest BCUT2D eigenvalue weighted by Crippen LogP contribution is -2.24. The van der Waals surface area contributed by atoms with Crippen LogP contribution in [0.25, 0.3) is 5.57 Å². The Balaban J connectivity index is 2.10. The van der Waals surface area contributed by atoms with E-state index in [4.69, 9.17) is 0 Å². The van der Waals surface area contributed by atoms with E-state index >= 15 is 0 Å². The normalized spacial score (nSPS) is 15.0. The third kappa shape index (κ3) is 8.95. The Kier molecular flexibility index (Phi) is 11.5. The summed E-state index contributed by atoms with van der Waals surface area (Å²) in [6, 6.07) is 8.74. The lowest BCUT2D eigenvalue weighted by Gasteiger charge is -2.24. The van der Waals surface area contributed by atoms with Crippen molar-refractivity contribution in [2.24, 2.45) is 4.99 Å². The van der Waals surface area contributed by atoms with Gasteiger partial charge in [-0.05, 0) is 59.4 Å². The minimum Gasteiger partial charge on any atom is -0.372 e. The van der Waals surface area contributed by atoms with Crippen molar-refractivity contribution in [3.8, 4) is 0 Å². The van der Waals surface area contributed by atoms with Crippen molar-refractivity contribution >= 4 is 17.0 Å². The largest absolute Gasteiger partial charge is 0.372 e. The fourth-order valence-electron chi connectivity index (χ4n) is 3.38. The van der Waals surface area contributed by atoms with E-state index in [2.05, 4.69) is 84.2 Å². The Labute approximate surface area is 200 Å². The van der Waals surface area contributed by atoms with Crippen molar-refractivity contribution in [3.05, 3.63) is 109 Å². The van der Waals surface area contributed by atoms with Crippen LogP contribution in [0.1, 0.15) is 38.7 Å². The quantitative estimate of drug-likeness (QED) is 0.270. The summed E-state index contributed by atoms with van der Waals surface area (Å²) < 4.78 is 0. The van der Waals surface area contributed by atoms with E-state index in [1.54, 1.807) is 6.20 Å². The number of hydrogen-bond donors (Lipinski definition) is 2. The van der Waals surface area contributed by atoms with Gasteiger partial charge in [0.05, 0.1) is 0 Å². The summed E-state index contributed by atoms with van der Waals surface area (Å²) in [6.07, 6.45) is 20.9. The maximum Gasteiger partial charge on any atom is 0.0441 e. The summed E-state index contributed by atoms with van der Waals surface area (Å²) in [6.45, 7) is 14.9. The summed E-state index contributed by atoms with van der Waals surface area (Å²) in [5.74, 6) is 0. The van der Waals surface area contributed by atoms with Gasteiger partial charge in [-0.15, -0.1) is 0 Å². The molecule has 0 aromatic heterocycles. The second kappa shape index (κ2) is 14.6. The van der Waals surface area contributed by atoms with Gasteiger partial charge >= 0.3 is 0 Å². The average molecular weight is 443 g/mol. The van der Waals surface area contributed by atoms with Gasteiger partial charge in [0.2, 0.25) is 0 Å². The lowest BCUT2D eigenvalue weighted by molar-refractivity contribution is 0.732. The molecule has 0 saturated heterocycles. The number of nitrogens with zero attached hydrogens (tertiary/aromatic N) is 2. The van der Waals surface area contributed by atoms with Gasteiger partial charge in [0, 0.05) is 50.4 Å². The predicted molar refractivity (Wildman–Crippen MR) is 146 cm³/mol. The molecule has 2 rings (SSSR count). The van der Waals surface area contributed by atoms with Crippen LogP contribution in [0.5, 0.6) is 0 Å². The van der Waals surface area contributed by atoms with Crippen LogP contribution >= 0.6 is 0 Å². The molecule has 1 aliphatic carbocycles. The number of nitrogens with one attached hydrogen (secondary N) is 2. The predicted octanol–water partition coefficient (Wildman–Crippen LogP) is 6.52. The van der Waals surface area contributed by atoms with Crippen LogP contribution in [0, 0.1) is 0 Å². The smallest absolute Gasteiger partial charge is 0.0441 e. The second-order valence-corrected chi connectivity index (χ2v) is 7.84. The highest BCUT2D eigenvalue weighted by molar-refractivity contribution is 5.97. The first-order valence-corrected chi connectivity index (χ1v) is 11.7. The number of allylic oxidation sites excluding steroid dienone is 10. The molecule has 0 amide bonds. The number of anilines is 1. The first kappa shape index (κ1) is 25.9. The fourth-order valence-corrected chi connectivity index (χ4v) is 3.38. The highest BCUT2D eigenvalue weighted by Gasteiger charge is 2.06. The van der Waals surface area contributed by atoms with E-state index in [-0.39, 0.29) is 0 Å². The van der Waals surface area contributed by atoms with Crippen molar-refractivity contribution in [1.82, 2.24) is 10.9 Å². The number of hydrogen-bond acceptors (Lipinski definition) is 4. The van der Waals surface area contributed by atoms with Crippen molar-refractivity contribution in [1.29, 1.82) is 0 Å². The van der Waals surface area contributed by atoms with Crippen LogP contribution < -0.4 is 15.8 Å². The van der Waals surface area contributed by atoms with Crippen LogP contribution in [0.2, 0.25) is 0 Å². The van der Waals surface area contributed by atoms with Crippen LogP contribution in [-0.4, -0.2) is 25.8 Å². The molecule has 0 fully saturated rings. The molecule has 1 aromatic carbocycles. The molecule has 174 valence electrons. The zero-order valence-electron chi connectivity index (χ0n) is 20.3. The molecule has 0 spiro atoms. The van der Waals surface area contributed by atoms with Crippen LogP contribution in [0.15, 0.2) is 108 Å². The SMILES string of the molecule is C=C(/C=C\N=C1C=CC=CC1)C(=C)/C=C\C(=C/NNC)c1ccc(N(CCC)CCC)cc1. The summed E-state index contributed by atoms with van der Waals surface area (Å²) >= 11 is 0. The molecule has 0 unspecified atom stereocenters. The maximum atomic E-state index is 4.48. The summed E-state index contributed by atoms with van der Waals surface area (Å²) in [5, 5.41) is 0. The van der Waals surface area contributed by atoms with Gasteiger partial charge in [0.25, 0.3) is 0 Å². The highest BCUT2D eigenvalue weighted by Crippen LogP contribution is 2.22. The second-order valence-electron chi connectivity index (χ2n) is 7.84. The van der Waals surface area contributed by atoms with Gasteiger partial charge in [-0.1, -0.05) is 69.5 Å². The molecule has 0 heterocycles. The molecule has 4 nitrogen and oxygen atoms in total. The van der Waals surface area contributed by atoms with E-state index < -0.39 is 0 Å². The van der Waals surface area contributed by atoms with Crippen molar-refractivity contribution in [2.45, 2.75) is 33.1 Å². The zero-order valence-corrected chi connectivity index (χ0v) is 20.3. The number of aliphatic imine (C=N–C) groups is 1. The summed E-state index contributed by atoms with van der Waals surface area (Å²) in [4.78, 5) is 6.92. The first-order valence-electron chi connectivity index (χ1n) is 11.7. The third-order valence-corrected chi connectivity index (χ3v) is 5.18. The molecule has 0 radical (unpaired) electrons. The minimum absolute atomic E-state index is 0.831. The van der Waals surface area contributed by atoms with Crippen molar-refractivity contribution in [2.75, 3.05) is 25.0 Å². The minimum atomic E-state index is 0.831. The average Bonchev–Trinajstić information content (AvgIpc) is 2.84. The Morgan fingerprint density at radius 1 is 1.00 bits per heavy atom. The fraction of sp³-hybridized carbons (Fsp3) is 0.276. The third-order valence-electron chi connectivity index (χ3n) is 5.18. The molecular weight excluding hydrogens is 404 g/mol. The van der Waals surface area contributed by atoms with Gasteiger partial charge in [-0.2, -0.15) is 0 Å². The molecule has 0 atom stereocenters. The van der Waals surface area contributed by atoms with Gasteiger partial charge in [0.1, 0.15) is 0 Å². The zero-order chi connectivity index (χ0) is 23.9. The highest BCUT2D eigenvalue weighted by atomic mass is 15.3. The number of benzene rings is 1. The monoisotopic (exact) mass is 442 g/mol. The molecule has 1 aliphatic rings. The summed E-state index contributed by atoms with van der Waals surface area (Å²) in [5.41, 5.74) is 12.2. The molecule has 0 bridgehead atoms. The number of hydrazine groups is 1.